The summed E-state index contributed by atoms with van der Waals surface area (Å²) in [5.41, 5.74) is -1.02. The molecule has 1 atom stereocenters. The highest BCUT2D eigenvalue weighted by molar-refractivity contribution is 6.06. The maximum Gasteiger partial charge on any atom is 0.336 e. The summed E-state index contributed by atoms with van der Waals surface area (Å²) < 4.78 is 0. The van der Waals surface area contributed by atoms with E-state index >= 15 is 0 Å². The van der Waals surface area contributed by atoms with Gasteiger partial charge in [0.15, 0.2) is 0 Å². The maximum absolute atomic E-state index is 12.2. The van der Waals surface area contributed by atoms with Crippen molar-refractivity contribution in [3.8, 4) is 0 Å². The lowest BCUT2D eigenvalue weighted by Crippen LogP contribution is -2.59. The minimum absolute atomic E-state index is 0.0552. The Bertz CT molecular complexity index is 570. The molecular weight excluding hydrogens is 260 g/mol. The first kappa shape index (κ1) is 14.0. The molecule has 3 N–H and O–H groups in total. The van der Waals surface area contributed by atoms with Crippen LogP contribution in [0.25, 0.3) is 0 Å². The third kappa shape index (κ3) is 2.64. The van der Waals surface area contributed by atoms with Crippen molar-refractivity contribution in [2.45, 2.75) is 25.3 Å². The van der Waals surface area contributed by atoms with Crippen LogP contribution in [-0.4, -0.2) is 35.0 Å². The molecule has 1 aliphatic rings. The normalized spacial score (nSPS) is 21.9. The molecule has 0 aliphatic carbocycles. The molecule has 2 rings (SSSR count). The Morgan fingerprint density at radius 2 is 1.95 bits per heavy atom. The van der Waals surface area contributed by atoms with Crippen LogP contribution < -0.4 is 10.6 Å². The maximum atomic E-state index is 12.2. The van der Waals surface area contributed by atoms with E-state index in [-0.39, 0.29) is 17.0 Å². The van der Waals surface area contributed by atoms with Gasteiger partial charge in [-0.1, -0.05) is 12.1 Å². The molecule has 0 aromatic heterocycles. The fourth-order valence-corrected chi connectivity index (χ4v) is 2.26. The number of nitrogens with one attached hydrogen (secondary N) is 2. The van der Waals surface area contributed by atoms with Crippen molar-refractivity contribution in [3.05, 3.63) is 35.4 Å². The lowest BCUT2D eigenvalue weighted by Gasteiger charge is -2.33. The number of piperidine rings is 1. The zero-order chi connectivity index (χ0) is 14.8. The van der Waals surface area contributed by atoms with Gasteiger partial charge < -0.3 is 15.7 Å². The van der Waals surface area contributed by atoms with Gasteiger partial charge in [-0.05, 0) is 31.9 Å². The lowest BCUT2D eigenvalue weighted by molar-refractivity contribution is -0.128. The van der Waals surface area contributed by atoms with Gasteiger partial charge in [-0.15, -0.1) is 0 Å². The molecule has 1 aromatic rings. The number of hydrogen-bond donors (Lipinski definition) is 3. The van der Waals surface area contributed by atoms with Crippen molar-refractivity contribution in [2.75, 3.05) is 6.54 Å². The number of carboxylic acids is 1. The van der Waals surface area contributed by atoms with E-state index in [4.69, 9.17) is 5.11 Å². The zero-order valence-corrected chi connectivity index (χ0v) is 11.1. The number of amides is 2. The van der Waals surface area contributed by atoms with Gasteiger partial charge in [0.05, 0.1) is 11.1 Å². The van der Waals surface area contributed by atoms with E-state index in [1.54, 1.807) is 19.1 Å². The van der Waals surface area contributed by atoms with Crippen molar-refractivity contribution in [3.63, 3.8) is 0 Å². The van der Waals surface area contributed by atoms with Crippen LogP contribution in [-0.2, 0) is 4.79 Å². The van der Waals surface area contributed by atoms with Crippen molar-refractivity contribution < 1.29 is 19.5 Å². The second-order valence-corrected chi connectivity index (χ2v) is 5.00. The topological polar surface area (TPSA) is 95.5 Å². The zero-order valence-electron chi connectivity index (χ0n) is 11.1. The molecule has 1 saturated heterocycles. The highest BCUT2D eigenvalue weighted by Crippen LogP contribution is 2.18. The van der Waals surface area contributed by atoms with Gasteiger partial charge in [0, 0.05) is 6.54 Å². The summed E-state index contributed by atoms with van der Waals surface area (Å²) in [6.45, 7) is 2.23. The van der Waals surface area contributed by atoms with Crippen LogP contribution in [0.1, 0.15) is 40.5 Å². The fraction of sp³-hybridized carbons (Fsp3) is 0.357. The molecule has 0 radical (unpaired) electrons. The number of aromatic carboxylic acids is 1. The van der Waals surface area contributed by atoms with E-state index < -0.39 is 17.4 Å². The molecule has 6 nitrogen and oxygen atoms in total. The molecule has 2 amide bonds. The summed E-state index contributed by atoms with van der Waals surface area (Å²) in [5.74, 6) is -1.97. The number of carbonyl (C=O) groups is 3. The summed E-state index contributed by atoms with van der Waals surface area (Å²) in [6, 6.07) is 5.93. The smallest absolute Gasteiger partial charge is 0.336 e. The molecule has 106 valence electrons. The molecule has 1 heterocycles. The predicted octanol–water partition coefficient (Wildman–Crippen LogP) is 0.783. The van der Waals surface area contributed by atoms with Crippen molar-refractivity contribution in [1.82, 2.24) is 10.6 Å². The van der Waals surface area contributed by atoms with Gasteiger partial charge in [0.2, 0.25) is 5.91 Å². The molecule has 0 bridgehead atoms. The fourth-order valence-electron chi connectivity index (χ4n) is 2.26. The first-order chi connectivity index (χ1) is 9.44. The monoisotopic (exact) mass is 276 g/mol. The number of hydrogen-bond acceptors (Lipinski definition) is 3. The Balaban J connectivity index is 2.24. The number of carbonyl (C=O) groups excluding carboxylic acids is 2. The molecule has 6 heteroatoms. The highest BCUT2D eigenvalue weighted by atomic mass is 16.4. The Kier molecular flexibility index (Phi) is 3.74. The van der Waals surface area contributed by atoms with Gasteiger partial charge in [-0.2, -0.15) is 0 Å². The summed E-state index contributed by atoms with van der Waals surface area (Å²) in [5, 5.41) is 14.4. The van der Waals surface area contributed by atoms with E-state index in [0.29, 0.717) is 13.0 Å². The van der Waals surface area contributed by atoms with E-state index in [1.807, 2.05) is 0 Å². The second-order valence-electron chi connectivity index (χ2n) is 5.00. The molecule has 1 fully saturated rings. The van der Waals surface area contributed by atoms with Crippen molar-refractivity contribution in [2.24, 2.45) is 0 Å². The van der Waals surface area contributed by atoms with Crippen LogP contribution in [0.2, 0.25) is 0 Å². The third-order valence-electron chi connectivity index (χ3n) is 3.43. The van der Waals surface area contributed by atoms with Crippen LogP contribution >= 0.6 is 0 Å². The largest absolute Gasteiger partial charge is 0.478 e. The molecule has 1 aliphatic heterocycles. The summed E-state index contributed by atoms with van der Waals surface area (Å²) in [4.78, 5) is 35.2. The summed E-state index contributed by atoms with van der Waals surface area (Å²) >= 11 is 0. The molecule has 0 saturated carbocycles. The van der Waals surface area contributed by atoms with Gasteiger partial charge in [0.25, 0.3) is 5.91 Å². The molecule has 0 spiro atoms. The summed E-state index contributed by atoms with van der Waals surface area (Å²) in [7, 11) is 0. The Labute approximate surface area is 116 Å². The SMILES string of the molecule is CC1(NC(=O)c2ccccc2C(=O)O)CCCNC1=O. The van der Waals surface area contributed by atoms with Gasteiger partial charge >= 0.3 is 5.97 Å². The predicted molar refractivity (Wildman–Crippen MR) is 71.5 cm³/mol. The van der Waals surface area contributed by atoms with E-state index in [1.165, 1.54) is 12.1 Å². The average Bonchev–Trinajstić information content (AvgIpc) is 2.42. The first-order valence-corrected chi connectivity index (χ1v) is 6.37. The number of benzene rings is 1. The number of rotatable bonds is 3. The Morgan fingerprint density at radius 1 is 1.30 bits per heavy atom. The molecule has 1 unspecified atom stereocenters. The van der Waals surface area contributed by atoms with Crippen LogP contribution in [0.4, 0.5) is 0 Å². The molecular formula is C14H16N2O4. The summed E-state index contributed by atoms with van der Waals surface area (Å²) in [6.07, 6.45) is 1.29. The van der Waals surface area contributed by atoms with E-state index in [9.17, 15) is 14.4 Å². The standard InChI is InChI=1S/C14H16N2O4/c1-14(7-4-8-15-13(14)20)16-11(17)9-5-2-3-6-10(9)12(18)19/h2-3,5-6H,4,7-8H2,1H3,(H,15,20)(H,16,17)(H,18,19). The number of carboxylic acid groups (broad SMARTS) is 1. The van der Waals surface area contributed by atoms with Crippen LogP contribution in [0.15, 0.2) is 24.3 Å². The van der Waals surface area contributed by atoms with E-state index in [0.717, 1.165) is 6.42 Å². The lowest BCUT2D eigenvalue weighted by atomic mass is 9.90. The Hall–Kier alpha value is -2.37. The van der Waals surface area contributed by atoms with Crippen LogP contribution in [0, 0.1) is 0 Å². The Morgan fingerprint density at radius 3 is 2.55 bits per heavy atom. The quantitative estimate of drug-likeness (QED) is 0.760. The van der Waals surface area contributed by atoms with Crippen LogP contribution in [0.3, 0.4) is 0 Å². The molecule has 20 heavy (non-hydrogen) atoms. The average molecular weight is 276 g/mol. The van der Waals surface area contributed by atoms with Crippen molar-refractivity contribution in [1.29, 1.82) is 0 Å². The van der Waals surface area contributed by atoms with Gasteiger partial charge in [-0.25, -0.2) is 4.79 Å². The third-order valence-corrected chi connectivity index (χ3v) is 3.43. The van der Waals surface area contributed by atoms with Crippen LogP contribution in [0.5, 0.6) is 0 Å². The second kappa shape index (κ2) is 5.32. The minimum atomic E-state index is -1.17. The molecule has 1 aromatic carbocycles. The van der Waals surface area contributed by atoms with E-state index in [2.05, 4.69) is 10.6 Å². The minimum Gasteiger partial charge on any atom is -0.478 e. The van der Waals surface area contributed by atoms with Gasteiger partial charge in [0.1, 0.15) is 5.54 Å². The first-order valence-electron chi connectivity index (χ1n) is 6.37. The highest BCUT2D eigenvalue weighted by Gasteiger charge is 2.37. The van der Waals surface area contributed by atoms with Gasteiger partial charge in [-0.3, -0.25) is 9.59 Å². The van der Waals surface area contributed by atoms with Crippen molar-refractivity contribution >= 4 is 17.8 Å².